The van der Waals surface area contributed by atoms with E-state index in [1.54, 1.807) is 24.3 Å². The van der Waals surface area contributed by atoms with Crippen molar-refractivity contribution in [2.24, 2.45) is 5.92 Å². The van der Waals surface area contributed by atoms with Gasteiger partial charge in [-0.2, -0.15) is 0 Å². The van der Waals surface area contributed by atoms with Crippen LogP contribution in [-0.4, -0.2) is 52.1 Å². The van der Waals surface area contributed by atoms with Gasteiger partial charge in [0.15, 0.2) is 0 Å². The normalized spacial score (nSPS) is 25.9. The van der Waals surface area contributed by atoms with Crippen LogP contribution < -0.4 is 15.4 Å². The third-order valence-corrected chi connectivity index (χ3v) is 5.49. The number of nitrogens with one attached hydrogen (secondary N) is 2. The minimum atomic E-state index is -0.317. The second-order valence-corrected chi connectivity index (χ2v) is 7.29. The van der Waals surface area contributed by atoms with E-state index in [0.717, 1.165) is 25.9 Å². The molecule has 2 aromatic rings. The quantitative estimate of drug-likeness (QED) is 0.810. The average molecular weight is 385 g/mol. The van der Waals surface area contributed by atoms with Gasteiger partial charge in [-0.05, 0) is 63.0 Å². The van der Waals surface area contributed by atoms with Crippen LogP contribution in [0.2, 0.25) is 0 Å². The molecule has 5 rings (SSSR count). The topological polar surface area (TPSA) is 110 Å². The third kappa shape index (κ3) is 3.84. The summed E-state index contributed by atoms with van der Waals surface area (Å²) < 4.78 is 10.6. The Morgan fingerprint density at radius 2 is 1.89 bits per heavy atom. The Labute approximate surface area is 162 Å². The van der Waals surface area contributed by atoms with Crippen molar-refractivity contribution in [3.8, 4) is 11.8 Å². The van der Waals surface area contributed by atoms with Gasteiger partial charge in [0.1, 0.15) is 5.75 Å². The summed E-state index contributed by atoms with van der Waals surface area (Å²) in [5, 5.41) is 12.9. The predicted octanol–water partition coefficient (Wildman–Crippen LogP) is 2.03. The molecule has 148 valence electrons. The maximum Gasteiger partial charge on any atom is 0.421 e. The lowest BCUT2D eigenvalue weighted by Gasteiger charge is -2.49. The number of anilines is 1. The van der Waals surface area contributed by atoms with Crippen LogP contribution in [0, 0.1) is 5.92 Å². The number of nitrogens with zero attached hydrogens (tertiary/aromatic N) is 3. The largest absolute Gasteiger partial charge is 0.421 e. The highest BCUT2D eigenvalue weighted by Gasteiger charge is 2.40. The molecule has 1 aromatic heterocycles. The second-order valence-electron chi connectivity index (χ2n) is 7.29. The Hall–Kier alpha value is -2.94. The highest BCUT2D eigenvalue weighted by atomic mass is 16.6. The maximum absolute atomic E-state index is 12.7. The predicted molar refractivity (Wildman–Crippen MR) is 100 cm³/mol. The summed E-state index contributed by atoms with van der Waals surface area (Å²) in [5.74, 6) is 0.610. The molecule has 2 amide bonds. The van der Waals surface area contributed by atoms with Crippen LogP contribution in [0.15, 0.2) is 28.7 Å². The number of aromatic nitrogens is 2. The molecule has 2 atom stereocenters. The molecule has 2 bridgehead atoms. The monoisotopic (exact) mass is 385 g/mol. The smallest absolute Gasteiger partial charge is 0.410 e. The number of carbonyl (C=O) groups excluding carboxylic acids is 2. The third-order valence-electron chi connectivity index (χ3n) is 5.49. The van der Waals surface area contributed by atoms with E-state index >= 15 is 0 Å². The van der Waals surface area contributed by atoms with E-state index in [1.165, 1.54) is 6.92 Å². The molecule has 0 spiro atoms. The van der Waals surface area contributed by atoms with Gasteiger partial charge in [0.25, 0.3) is 5.91 Å². The number of amides is 2. The SMILES string of the molecule is CC(=O)Nc1nnc(Oc2ccc(C(=O)NC3C4CCN(CC4)C3C)cc2)o1. The van der Waals surface area contributed by atoms with Crippen molar-refractivity contribution in [3.05, 3.63) is 29.8 Å². The molecule has 1 aromatic carbocycles. The van der Waals surface area contributed by atoms with Crippen molar-refractivity contribution in [2.45, 2.75) is 38.8 Å². The summed E-state index contributed by atoms with van der Waals surface area (Å²) in [5.41, 5.74) is 0.570. The zero-order valence-electron chi connectivity index (χ0n) is 15.8. The fourth-order valence-electron chi connectivity index (χ4n) is 4.01. The van der Waals surface area contributed by atoms with Crippen LogP contribution in [0.1, 0.15) is 37.0 Å². The van der Waals surface area contributed by atoms with E-state index in [4.69, 9.17) is 9.15 Å². The van der Waals surface area contributed by atoms with Crippen molar-refractivity contribution < 1.29 is 18.7 Å². The lowest BCUT2D eigenvalue weighted by molar-refractivity contribution is -0.114. The number of carbonyl (C=O) groups is 2. The van der Waals surface area contributed by atoms with E-state index < -0.39 is 0 Å². The van der Waals surface area contributed by atoms with E-state index in [0.29, 0.717) is 23.3 Å². The summed E-state index contributed by atoms with van der Waals surface area (Å²) in [7, 11) is 0. The second kappa shape index (κ2) is 7.59. The molecule has 3 aliphatic heterocycles. The molecule has 0 aliphatic carbocycles. The van der Waals surface area contributed by atoms with Gasteiger partial charge in [-0.3, -0.25) is 19.8 Å². The van der Waals surface area contributed by atoms with Crippen molar-refractivity contribution in [3.63, 3.8) is 0 Å². The van der Waals surface area contributed by atoms with Crippen molar-refractivity contribution in [1.82, 2.24) is 20.4 Å². The minimum absolute atomic E-state index is 0.0369. The van der Waals surface area contributed by atoms with Crippen molar-refractivity contribution >= 4 is 17.8 Å². The number of fused-ring (bicyclic) bond motifs is 3. The number of hydrogen-bond acceptors (Lipinski definition) is 7. The molecule has 28 heavy (non-hydrogen) atoms. The van der Waals surface area contributed by atoms with Crippen LogP contribution in [-0.2, 0) is 4.79 Å². The Bertz CT molecular complexity index is 855. The number of piperidine rings is 3. The number of ether oxygens (including phenoxy) is 1. The van der Waals surface area contributed by atoms with Crippen LogP contribution in [0.5, 0.6) is 11.8 Å². The fourth-order valence-corrected chi connectivity index (χ4v) is 4.01. The van der Waals surface area contributed by atoms with E-state index in [-0.39, 0.29) is 29.9 Å². The highest BCUT2D eigenvalue weighted by Crippen LogP contribution is 2.32. The lowest BCUT2D eigenvalue weighted by atomic mass is 9.79. The maximum atomic E-state index is 12.7. The number of hydrogen-bond donors (Lipinski definition) is 2. The van der Waals surface area contributed by atoms with Crippen LogP contribution in [0.4, 0.5) is 6.01 Å². The zero-order chi connectivity index (χ0) is 19.7. The zero-order valence-corrected chi connectivity index (χ0v) is 15.8. The van der Waals surface area contributed by atoms with Gasteiger partial charge in [0.2, 0.25) is 5.91 Å². The molecule has 9 heteroatoms. The Balaban J connectivity index is 1.37. The fraction of sp³-hybridized carbons (Fsp3) is 0.474. The standard InChI is InChI=1S/C19H23N5O4/c1-11-16(13-7-9-24(11)10-8-13)21-17(26)14-3-5-15(6-4-14)27-19-23-22-18(28-19)20-12(2)25/h3-6,11,13,16H,7-10H2,1-2H3,(H,21,26)(H,20,22,25). The molecule has 3 aliphatic rings. The summed E-state index contributed by atoms with van der Waals surface area (Å²) in [6, 6.07) is 7.24. The summed E-state index contributed by atoms with van der Waals surface area (Å²) >= 11 is 0. The Morgan fingerprint density at radius 3 is 2.54 bits per heavy atom. The van der Waals surface area contributed by atoms with Crippen LogP contribution in [0.25, 0.3) is 0 Å². The molecule has 0 radical (unpaired) electrons. The lowest BCUT2D eigenvalue weighted by Crippen LogP contribution is -2.62. The van der Waals surface area contributed by atoms with Gasteiger partial charge in [0.05, 0.1) is 0 Å². The molecular weight excluding hydrogens is 362 g/mol. The van der Waals surface area contributed by atoms with Crippen molar-refractivity contribution in [1.29, 1.82) is 0 Å². The molecule has 9 nitrogen and oxygen atoms in total. The molecular formula is C19H23N5O4. The van der Waals surface area contributed by atoms with Crippen molar-refractivity contribution in [2.75, 3.05) is 18.4 Å². The van der Waals surface area contributed by atoms with Gasteiger partial charge in [-0.1, -0.05) is 10.2 Å². The Kier molecular flexibility index (Phi) is 4.99. The highest BCUT2D eigenvalue weighted by molar-refractivity contribution is 5.94. The first kappa shape index (κ1) is 18.4. The van der Waals surface area contributed by atoms with Gasteiger partial charge >= 0.3 is 12.1 Å². The van der Waals surface area contributed by atoms with Gasteiger partial charge < -0.3 is 14.5 Å². The molecule has 2 unspecified atom stereocenters. The van der Waals surface area contributed by atoms with E-state index in [9.17, 15) is 9.59 Å². The summed E-state index contributed by atoms with van der Waals surface area (Å²) in [6.45, 7) is 5.78. The molecule has 3 fully saturated rings. The van der Waals surface area contributed by atoms with E-state index in [2.05, 4.69) is 32.7 Å². The molecule has 4 heterocycles. The molecule has 0 saturated carbocycles. The number of benzene rings is 1. The van der Waals surface area contributed by atoms with E-state index in [1.807, 2.05) is 0 Å². The Morgan fingerprint density at radius 1 is 1.18 bits per heavy atom. The number of rotatable bonds is 5. The first-order valence-corrected chi connectivity index (χ1v) is 9.43. The molecule has 2 N–H and O–H groups in total. The van der Waals surface area contributed by atoms with Gasteiger partial charge in [-0.15, -0.1) is 0 Å². The van der Waals surface area contributed by atoms with Crippen LogP contribution >= 0.6 is 0 Å². The summed E-state index contributed by atoms with van der Waals surface area (Å²) in [4.78, 5) is 26.1. The summed E-state index contributed by atoms with van der Waals surface area (Å²) in [6.07, 6.45) is 2.20. The molecule has 3 saturated heterocycles. The minimum Gasteiger partial charge on any atom is -0.410 e. The van der Waals surface area contributed by atoms with Gasteiger partial charge in [-0.25, -0.2) is 0 Å². The van der Waals surface area contributed by atoms with Crippen LogP contribution in [0.3, 0.4) is 0 Å². The first-order chi connectivity index (χ1) is 13.5. The van der Waals surface area contributed by atoms with Gasteiger partial charge in [0, 0.05) is 24.6 Å². The first-order valence-electron chi connectivity index (χ1n) is 9.43. The average Bonchev–Trinajstić information content (AvgIpc) is 3.11.